The summed E-state index contributed by atoms with van der Waals surface area (Å²) in [6.07, 6.45) is 4.92. The molecule has 1 aliphatic heterocycles. The van der Waals surface area contributed by atoms with Crippen LogP contribution in [-0.4, -0.2) is 21.5 Å². The Balaban J connectivity index is 1.64. The number of nitrogens with one attached hydrogen (secondary N) is 1. The monoisotopic (exact) mass is 410 g/mol. The van der Waals surface area contributed by atoms with Gasteiger partial charge in [0.2, 0.25) is 0 Å². The summed E-state index contributed by atoms with van der Waals surface area (Å²) in [4.78, 5) is 15.0. The Hall–Kier alpha value is -2.80. The third-order valence-electron chi connectivity index (χ3n) is 5.82. The number of rotatable bonds is 4. The van der Waals surface area contributed by atoms with Gasteiger partial charge in [0.25, 0.3) is 10.0 Å². The lowest BCUT2D eigenvalue weighted by Crippen LogP contribution is -2.25. The van der Waals surface area contributed by atoms with Crippen molar-refractivity contribution in [1.29, 1.82) is 0 Å². The predicted octanol–water partition coefficient (Wildman–Crippen LogP) is 3.68. The van der Waals surface area contributed by atoms with E-state index in [4.69, 9.17) is 4.42 Å². The molecular weight excluding hydrogens is 388 g/mol. The zero-order chi connectivity index (χ0) is 20.0. The van der Waals surface area contributed by atoms with Gasteiger partial charge < -0.3 is 9.32 Å². The van der Waals surface area contributed by atoms with Crippen molar-refractivity contribution in [1.82, 2.24) is 0 Å². The molecule has 2 aromatic carbocycles. The molecule has 0 amide bonds. The maximum Gasteiger partial charge on any atom is 0.363 e. The predicted molar refractivity (Wildman–Crippen MR) is 113 cm³/mol. The van der Waals surface area contributed by atoms with Crippen molar-refractivity contribution in [2.24, 2.45) is 0 Å². The van der Waals surface area contributed by atoms with Gasteiger partial charge in [-0.05, 0) is 67.5 Å². The maximum atomic E-state index is 13.1. The number of aryl methyl sites for hydroxylation is 2. The Labute approximate surface area is 169 Å². The fraction of sp³-hybridized carbons (Fsp3) is 0.318. The third-order valence-corrected chi connectivity index (χ3v) is 7.17. The molecule has 0 spiro atoms. The van der Waals surface area contributed by atoms with Crippen LogP contribution in [0.4, 0.5) is 11.4 Å². The molecule has 0 unspecified atom stereocenters. The van der Waals surface area contributed by atoms with Gasteiger partial charge in [-0.15, -0.1) is 0 Å². The summed E-state index contributed by atoms with van der Waals surface area (Å²) < 4.78 is 34.3. The highest BCUT2D eigenvalue weighted by molar-refractivity contribution is 7.92. The zero-order valence-corrected chi connectivity index (χ0v) is 16.8. The molecule has 1 fully saturated rings. The SMILES string of the molecule is O=c1oc2ccccc2c(N2CCCC2)c1NS(=O)(=O)c1ccc2c(c1)CCC2. The number of sulfonamides is 1. The summed E-state index contributed by atoms with van der Waals surface area (Å²) in [6, 6.07) is 12.5. The van der Waals surface area contributed by atoms with Crippen molar-refractivity contribution in [3.63, 3.8) is 0 Å². The number of hydrogen-bond acceptors (Lipinski definition) is 5. The second-order valence-electron chi connectivity index (χ2n) is 7.69. The van der Waals surface area contributed by atoms with Gasteiger partial charge >= 0.3 is 5.63 Å². The maximum absolute atomic E-state index is 13.1. The highest BCUT2D eigenvalue weighted by Gasteiger charge is 2.27. The van der Waals surface area contributed by atoms with Gasteiger partial charge in [0.15, 0.2) is 5.69 Å². The molecule has 6 nitrogen and oxygen atoms in total. The molecule has 1 saturated heterocycles. The van der Waals surface area contributed by atoms with Gasteiger partial charge in [0, 0.05) is 18.5 Å². The molecule has 1 N–H and O–H groups in total. The summed E-state index contributed by atoms with van der Waals surface area (Å²) in [5, 5.41) is 0.737. The summed E-state index contributed by atoms with van der Waals surface area (Å²) in [7, 11) is -3.91. The summed E-state index contributed by atoms with van der Waals surface area (Å²) >= 11 is 0. The van der Waals surface area contributed by atoms with Crippen molar-refractivity contribution < 1.29 is 12.8 Å². The lowest BCUT2D eigenvalue weighted by atomic mass is 10.1. The Bertz CT molecular complexity index is 1260. The molecule has 3 aromatic rings. The van der Waals surface area contributed by atoms with E-state index in [1.165, 1.54) is 5.56 Å². The molecule has 7 heteroatoms. The number of fused-ring (bicyclic) bond motifs is 2. The van der Waals surface area contributed by atoms with E-state index in [2.05, 4.69) is 9.62 Å². The molecule has 29 heavy (non-hydrogen) atoms. The second kappa shape index (κ2) is 6.91. The van der Waals surface area contributed by atoms with Crippen LogP contribution in [-0.2, 0) is 22.9 Å². The number of anilines is 2. The van der Waals surface area contributed by atoms with E-state index < -0.39 is 15.6 Å². The van der Waals surface area contributed by atoms with Crippen molar-refractivity contribution in [2.45, 2.75) is 37.0 Å². The van der Waals surface area contributed by atoms with Crippen LogP contribution in [0.2, 0.25) is 0 Å². The van der Waals surface area contributed by atoms with Crippen LogP contribution in [0.1, 0.15) is 30.4 Å². The minimum atomic E-state index is -3.91. The third kappa shape index (κ3) is 3.19. The highest BCUT2D eigenvalue weighted by atomic mass is 32.2. The van der Waals surface area contributed by atoms with Crippen LogP contribution < -0.4 is 15.2 Å². The number of para-hydroxylation sites is 1. The van der Waals surface area contributed by atoms with Crippen LogP contribution in [0.15, 0.2) is 56.6 Å². The average Bonchev–Trinajstić information content (AvgIpc) is 3.39. The first kappa shape index (κ1) is 18.2. The smallest absolute Gasteiger partial charge is 0.363 e. The molecule has 0 saturated carbocycles. The van der Waals surface area contributed by atoms with Gasteiger partial charge in [0.05, 0.1) is 10.6 Å². The van der Waals surface area contributed by atoms with Crippen LogP contribution in [0, 0.1) is 0 Å². The first-order valence-corrected chi connectivity index (χ1v) is 11.5. The summed E-state index contributed by atoms with van der Waals surface area (Å²) in [6.45, 7) is 1.56. The molecule has 1 aromatic heterocycles. The van der Waals surface area contributed by atoms with Gasteiger partial charge in [-0.2, -0.15) is 0 Å². The van der Waals surface area contributed by atoms with Crippen LogP contribution in [0.5, 0.6) is 0 Å². The van der Waals surface area contributed by atoms with Crippen molar-refractivity contribution >= 4 is 32.4 Å². The van der Waals surface area contributed by atoms with Crippen molar-refractivity contribution in [3.05, 3.63) is 64.0 Å². The van der Waals surface area contributed by atoms with E-state index in [1.807, 2.05) is 18.2 Å². The topological polar surface area (TPSA) is 79.6 Å². The van der Waals surface area contributed by atoms with Crippen LogP contribution in [0.3, 0.4) is 0 Å². The first-order chi connectivity index (χ1) is 14.0. The molecule has 5 rings (SSSR count). The number of hydrogen-bond donors (Lipinski definition) is 1. The Morgan fingerprint density at radius 3 is 2.52 bits per heavy atom. The van der Waals surface area contributed by atoms with E-state index in [1.54, 1.807) is 24.3 Å². The van der Waals surface area contributed by atoms with E-state index in [0.717, 1.165) is 56.1 Å². The highest BCUT2D eigenvalue weighted by Crippen LogP contribution is 2.35. The Kier molecular flexibility index (Phi) is 4.35. The molecule has 0 bridgehead atoms. The Morgan fingerprint density at radius 1 is 0.931 bits per heavy atom. The molecule has 150 valence electrons. The van der Waals surface area contributed by atoms with E-state index >= 15 is 0 Å². The van der Waals surface area contributed by atoms with Gasteiger partial charge in [-0.25, -0.2) is 13.2 Å². The van der Waals surface area contributed by atoms with E-state index in [-0.39, 0.29) is 10.6 Å². The molecule has 2 aliphatic rings. The first-order valence-electron chi connectivity index (χ1n) is 9.98. The number of benzene rings is 2. The molecule has 0 radical (unpaired) electrons. The van der Waals surface area contributed by atoms with Crippen molar-refractivity contribution in [3.8, 4) is 0 Å². The minimum absolute atomic E-state index is 0.00824. The summed E-state index contributed by atoms with van der Waals surface area (Å²) in [5.74, 6) is 0. The van der Waals surface area contributed by atoms with Crippen molar-refractivity contribution in [2.75, 3.05) is 22.7 Å². The fourth-order valence-corrected chi connectivity index (χ4v) is 5.51. The standard InChI is InChI=1S/C22H22N2O4S/c25-22-20(23-29(26,27)17-11-10-15-6-5-7-16(15)14-17)21(24-12-3-4-13-24)18-8-1-2-9-19(18)28-22/h1-2,8-11,14,23H,3-7,12-13H2. The normalized spacial score (nSPS) is 16.3. The molecule has 0 atom stereocenters. The second-order valence-corrected chi connectivity index (χ2v) is 9.38. The average molecular weight is 410 g/mol. The Morgan fingerprint density at radius 2 is 1.69 bits per heavy atom. The zero-order valence-electron chi connectivity index (χ0n) is 16.0. The van der Waals surface area contributed by atoms with Crippen LogP contribution >= 0.6 is 0 Å². The van der Waals surface area contributed by atoms with Gasteiger partial charge in [-0.3, -0.25) is 4.72 Å². The lowest BCUT2D eigenvalue weighted by molar-refractivity contribution is 0.562. The number of nitrogens with zero attached hydrogens (tertiary/aromatic N) is 1. The van der Waals surface area contributed by atoms with Gasteiger partial charge in [0.1, 0.15) is 5.58 Å². The molecule has 2 heterocycles. The fourth-order valence-electron chi connectivity index (χ4n) is 4.40. The van der Waals surface area contributed by atoms with Gasteiger partial charge in [-0.1, -0.05) is 18.2 Å². The minimum Gasteiger partial charge on any atom is -0.421 e. The summed E-state index contributed by atoms with van der Waals surface area (Å²) in [5.41, 5.74) is 2.66. The van der Waals surface area contributed by atoms with E-state index in [0.29, 0.717) is 11.3 Å². The quantitative estimate of drug-likeness (QED) is 0.664. The lowest BCUT2D eigenvalue weighted by Gasteiger charge is -2.22. The van der Waals surface area contributed by atoms with Crippen LogP contribution in [0.25, 0.3) is 11.0 Å². The van der Waals surface area contributed by atoms with E-state index in [9.17, 15) is 13.2 Å². The molecular formula is C22H22N2O4S. The molecule has 1 aliphatic carbocycles. The largest absolute Gasteiger partial charge is 0.421 e.